The van der Waals surface area contributed by atoms with Crippen molar-refractivity contribution in [3.63, 3.8) is 0 Å². The second-order valence-electron chi connectivity index (χ2n) is 5.79. The number of hydrogen-bond acceptors (Lipinski definition) is 3. The van der Waals surface area contributed by atoms with E-state index in [0.717, 1.165) is 36.8 Å². The molecule has 1 aromatic rings. The monoisotopic (exact) mass is 449 g/mol. The normalized spacial score (nSPS) is 11.1. The summed E-state index contributed by atoms with van der Waals surface area (Å²) in [6.45, 7) is 10.1. The molecule has 0 aliphatic rings. The summed E-state index contributed by atoms with van der Waals surface area (Å²) in [5.74, 6) is 2.42. The zero-order valence-corrected chi connectivity index (χ0v) is 17.6. The standard InChI is InChI=1S/C18H31N3O2.HI/c1-5-19-18(20-11-10-15(2)3)21-14-16-6-8-17(9-7-16)23-13-12-22-4;/h6-9,15H,5,10-14H2,1-4H3,(H2,19,20,21);1H. The molecule has 0 radical (unpaired) electrons. The first-order chi connectivity index (χ1) is 11.2. The van der Waals surface area contributed by atoms with Gasteiger partial charge in [0.25, 0.3) is 0 Å². The van der Waals surface area contributed by atoms with Crippen molar-refractivity contribution in [2.24, 2.45) is 10.9 Å². The third-order valence-electron chi connectivity index (χ3n) is 3.26. The number of benzene rings is 1. The van der Waals surface area contributed by atoms with Gasteiger partial charge in [0.05, 0.1) is 13.2 Å². The van der Waals surface area contributed by atoms with Crippen LogP contribution in [0.15, 0.2) is 29.3 Å². The van der Waals surface area contributed by atoms with Crippen molar-refractivity contribution in [1.29, 1.82) is 0 Å². The molecule has 0 aliphatic heterocycles. The van der Waals surface area contributed by atoms with E-state index in [9.17, 15) is 0 Å². The van der Waals surface area contributed by atoms with Crippen molar-refractivity contribution in [2.75, 3.05) is 33.4 Å². The summed E-state index contributed by atoms with van der Waals surface area (Å²) in [4.78, 5) is 4.62. The molecule has 2 N–H and O–H groups in total. The minimum Gasteiger partial charge on any atom is -0.491 e. The summed E-state index contributed by atoms with van der Waals surface area (Å²) in [7, 11) is 1.67. The predicted molar refractivity (Wildman–Crippen MR) is 112 cm³/mol. The summed E-state index contributed by atoms with van der Waals surface area (Å²) >= 11 is 0. The summed E-state index contributed by atoms with van der Waals surface area (Å²) in [5, 5.41) is 6.64. The van der Waals surface area contributed by atoms with Crippen molar-refractivity contribution >= 4 is 29.9 Å². The predicted octanol–water partition coefficient (Wildman–Crippen LogP) is 3.43. The highest BCUT2D eigenvalue weighted by atomic mass is 127. The summed E-state index contributed by atoms with van der Waals surface area (Å²) in [5.41, 5.74) is 1.16. The van der Waals surface area contributed by atoms with Crippen LogP contribution in [0.1, 0.15) is 32.8 Å². The smallest absolute Gasteiger partial charge is 0.191 e. The van der Waals surface area contributed by atoms with Gasteiger partial charge < -0.3 is 20.1 Å². The van der Waals surface area contributed by atoms with Gasteiger partial charge >= 0.3 is 0 Å². The van der Waals surface area contributed by atoms with Gasteiger partial charge in [-0.25, -0.2) is 4.99 Å². The van der Waals surface area contributed by atoms with E-state index in [-0.39, 0.29) is 24.0 Å². The second kappa shape index (κ2) is 14.3. The van der Waals surface area contributed by atoms with E-state index >= 15 is 0 Å². The van der Waals surface area contributed by atoms with Crippen LogP contribution in [0.4, 0.5) is 0 Å². The lowest BCUT2D eigenvalue weighted by atomic mass is 10.1. The Balaban J connectivity index is 0.00000529. The molecule has 0 amide bonds. The third kappa shape index (κ3) is 10.7. The maximum absolute atomic E-state index is 5.56. The van der Waals surface area contributed by atoms with Crippen molar-refractivity contribution in [3.8, 4) is 5.75 Å². The van der Waals surface area contributed by atoms with Gasteiger partial charge in [-0.2, -0.15) is 0 Å². The van der Waals surface area contributed by atoms with E-state index < -0.39 is 0 Å². The van der Waals surface area contributed by atoms with Crippen LogP contribution in [-0.4, -0.2) is 39.4 Å². The summed E-state index contributed by atoms with van der Waals surface area (Å²) in [6, 6.07) is 8.03. The van der Waals surface area contributed by atoms with Crippen LogP contribution >= 0.6 is 24.0 Å². The van der Waals surface area contributed by atoms with Gasteiger partial charge in [-0.15, -0.1) is 24.0 Å². The number of aliphatic imine (C=N–C) groups is 1. The molecule has 0 saturated heterocycles. The summed E-state index contributed by atoms with van der Waals surface area (Å²) in [6.07, 6.45) is 1.14. The highest BCUT2D eigenvalue weighted by molar-refractivity contribution is 14.0. The summed E-state index contributed by atoms with van der Waals surface area (Å²) < 4.78 is 10.5. The van der Waals surface area contributed by atoms with Crippen molar-refractivity contribution < 1.29 is 9.47 Å². The SMILES string of the molecule is CCNC(=NCc1ccc(OCCOC)cc1)NCCC(C)C.I. The molecule has 0 aromatic heterocycles. The molecule has 1 rings (SSSR count). The maximum atomic E-state index is 5.56. The lowest BCUT2D eigenvalue weighted by molar-refractivity contribution is 0.146. The van der Waals surface area contributed by atoms with E-state index in [0.29, 0.717) is 25.7 Å². The molecule has 0 saturated carbocycles. The molecule has 0 heterocycles. The highest BCUT2D eigenvalue weighted by Crippen LogP contribution is 2.12. The Bertz CT molecular complexity index is 450. The molecule has 138 valence electrons. The Morgan fingerprint density at radius 1 is 1.12 bits per heavy atom. The van der Waals surface area contributed by atoms with Crippen molar-refractivity contribution in [3.05, 3.63) is 29.8 Å². The van der Waals surface area contributed by atoms with Gasteiger partial charge in [0.1, 0.15) is 12.4 Å². The van der Waals surface area contributed by atoms with Crippen LogP contribution in [0.2, 0.25) is 0 Å². The van der Waals surface area contributed by atoms with Crippen LogP contribution in [-0.2, 0) is 11.3 Å². The van der Waals surface area contributed by atoms with Gasteiger partial charge in [-0.05, 0) is 37.0 Å². The first kappa shape index (κ1) is 23.0. The van der Waals surface area contributed by atoms with Gasteiger partial charge in [0, 0.05) is 20.2 Å². The number of methoxy groups -OCH3 is 1. The van der Waals surface area contributed by atoms with E-state index in [1.165, 1.54) is 0 Å². The zero-order chi connectivity index (χ0) is 16.9. The maximum Gasteiger partial charge on any atom is 0.191 e. The van der Waals surface area contributed by atoms with Crippen LogP contribution in [0.5, 0.6) is 5.75 Å². The Labute approximate surface area is 163 Å². The second-order valence-corrected chi connectivity index (χ2v) is 5.79. The van der Waals surface area contributed by atoms with Crippen LogP contribution in [0.25, 0.3) is 0 Å². The molecular formula is C18H32IN3O2. The first-order valence-corrected chi connectivity index (χ1v) is 8.38. The molecule has 0 bridgehead atoms. The number of nitrogens with one attached hydrogen (secondary N) is 2. The number of rotatable bonds is 10. The largest absolute Gasteiger partial charge is 0.491 e. The van der Waals surface area contributed by atoms with E-state index in [4.69, 9.17) is 9.47 Å². The topological polar surface area (TPSA) is 54.9 Å². The van der Waals surface area contributed by atoms with Gasteiger partial charge in [0.15, 0.2) is 5.96 Å². The van der Waals surface area contributed by atoms with E-state index in [1.54, 1.807) is 7.11 Å². The average molecular weight is 449 g/mol. The van der Waals surface area contributed by atoms with Crippen LogP contribution in [0, 0.1) is 5.92 Å². The lowest BCUT2D eigenvalue weighted by Crippen LogP contribution is -2.38. The molecule has 6 heteroatoms. The first-order valence-electron chi connectivity index (χ1n) is 8.38. The Morgan fingerprint density at radius 2 is 1.83 bits per heavy atom. The molecule has 0 aliphatic carbocycles. The fourth-order valence-corrected chi connectivity index (χ4v) is 1.93. The number of nitrogens with zero attached hydrogens (tertiary/aromatic N) is 1. The fraction of sp³-hybridized carbons (Fsp3) is 0.611. The Kier molecular flexibility index (Phi) is 13.7. The lowest BCUT2D eigenvalue weighted by Gasteiger charge is -2.12. The van der Waals surface area contributed by atoms with Crippen LogP contribution < -0.4 is 15.4 Å². The average Bonchev–Trinajstić information content (AvgIpc) is 2.54. The van der Waals surface area contributed by atoms with Crippen molar-refractivity contribution in [2.45, 2.75) is 33.7 Å². The molecular weight excluding hydrogens is 417 g/mol. The number of halogens is 1. The number of hydrogen-bond donors (Lipinski definition) is 2. The van der Waals surface area contributed by atoms with Gasteiger partial charge in [0.2, 0.25) is 0 Å². The zero-order valence-electron chi connectivity index (χ0n) is 15.3. The molecule has 1 aromatic carbocycles. The van der Waals surface area contributed by atoms with Gasteiger partial charge in [-0.3, -0.25) is 0 Å². The molecule has 0 fully saturated rings. The highest BCUT2D eigenvalue weighted by Gasteiger charge is 2.00. The van der Waals surface area contributed by atoms with E-state index in [1.807, 2.05) is 24.3 Å². The Hall–Kier alpha value is -1.02. The number of guanidine groups is 1. The third-order valence-corrected chi connectivity index (χ3v) is 3.26. The molecule has 0 atom stereocenters. The number of ether oxygens (including phenoxy) is 2. The molecule has 24 heavy (non-hydrogen) atoms. The van der Waals surface area contributed by atoms with E-state index in [2.05, 4.69) is 36.4 Å². The van der Waals surface area contributed by atoms with Crippen LogP contribution in [0.3, 0.4) is 0 Å². The Morgan fingerprint density at radius 3 is 2.42 bits per heavy atom. The van der Waals surface area contributed by atoms with Gasteiger partial charge in [-0.1, -0.05) is 26.0 Å². The fourth-order valence-electron chi connectivity index (χ4n) is 1.93. The minimum atomic E-state index is 0. The van der Waals surface area contributed by atoms with Crippen molar-refractivity contribution in [1.82, 2.24) is 10.6 Å². The quantitative estimate of drug-likeness (QED) is 0.249. The molecule has 5 nitrogen and oxygen atoms in total. The molecule has 0 unspecified atom stereocenters. The molecule has 0 spiro atoms. The minimum absolute atomic E-state index is 0.